The minimum atomic E-state index is -0.307. The van der Waals surface area contributed by atoms with Crippen molar-refractivity contribution in [1.82, 2.24) is 10.6 Å². The molecule has 0 aromatic heterocycles. The topological polar surface area (TPSA) is 54.9 Å². The van der Waals surface area contributed by atoms with Crippen LogP contribution in [0, 0.1) is 11.6 Å². The van der Waals surface area contributed by atoms with Gasteiger partial charge in [0.1, 0.15) is 17.4 Å². The second kappa shape index (κ2) is 9.32. The van der Waals surface area contributed by atoms with Crippen LogP contribution in [0.2, 0.25) is 0 Å². The summed E-state index contributed by atoms with van der Waals surface area (Å²) in [6.07, 6.45) is 0.560. The van der Waals surface area contributed by atoms with E-state index in [1.807, 2.05) is 6.92 Å². The molecule has 0 saturated carbocycles. The molecule has 1 aliphatic rings. The van der Waals surface area contributed by atoms with Crippen LogP contribution in [-0.2, 0) is 24.3 Å². The number of fused-ring (bicyclic) bond motifs is 1. The standard InChI is InChI=1S/C20H23F2N3O2/c1-2-23-20(25-11-15-5-3-4-6-18(15)22)24-8-7-14-9-17(21)10-16-12-26-13-27-19(14)16/h3-6,9-10H,2,7-8,11-13H2,1H3,(H2,23,24,25). The zero-order valence-electron chi connectivity index (χ0n) is 15.2. The molecule has 3 rings (SSSR count). The lowest BCUT2D eigenvalue weighted by atomic mass is 10.1. The van der Waals surface area contributed by atoms with Crippen LogP contribution in [0.1, 0.15) is 23.6 Å². The summed E-state index contributed by atoms with van der Waals surface area (Å²) in [5, 5.41) is 6.32. The predicted molar refractivity (Wildman–Crippen MR) is 99.6 cm³/mol. The van der Waals surface area contributed by atoms with Crippen LogP contribution in [0.25, 0.3) is 0 Å². The number of nitrogens with one attached hydrogen (secondary N) is 2. The summed E-state index contributed by atoms with van der Waals surface area (Å²) in [6.45, 7) is 3.92. The smallest absolute Gasteiger partial charge is 0.191 e. The van der Waals surface area contributed by atoms with Crippen molar-refractivity contribution in [3.05, 3.63) is 64.7 Å². The van der Waals surface area contributed by atoms with Crippen molar-refractivity contribution in [2.75, 3.05) is 19.9 Å². The van der Waals surface area contributed by atoms with Gasteiger partial charge in [-0.05, 0) is 37.1 Å². The fourth-order valence-electron chi connectivity index (χ4n) is 2.89. The molecule has 1 heterocycles. The molecule has 2 aromatic rings. The largest absolute Gasteiger partial charge is 0.467 e. The lowest BCUT2D eigenvalue weighted by Crippen LogP contribution is -2.38. The van der Waals surface area contributed by atoms with Crippen molar-refractivity contribution in [1.29, 1.82) is 0 Å². The highest BCUT2D eigenvalue weighted by Gasteiger charge is 2.16. The lowest BCUT2D eigenvalue weighted by molar-refractivity contribution is -0.0172. The number of aliphatic imine (C=N–C) groups is 1. The third-order valence-electron chi connectivity index (χ3n) is 4.15. The molecule has 0 radical (unpaired) electrons. The number of hydrogen-bond donors (Lipinski definition) is 2. The minimum Gasteiger partial charge on any atom is -0.467 e. The van der Waals surface area contributed by atoms with Gasteiger partial charge in [0.15, 0.2) is 12.8 Å². The first-order valence-corrected chi connectivity index (χ1v) is 8.94. The van der Waals surface area contributed by atoms with Gasteiger partial charge in [0.05, 0.1) is 13.2 Å². The van der Waals surface area contributed by atoms with E-state index in [9.17, 15) is 8.78 Å². The highest BCUT2D eigenvalue weighted by atomic mass is 19.1. The van der Waals surface area contributed by atoms with Crippen molar-refractivity contribution in [2.24, 2.45) is 4.99 Å². The van der Waals surface area contributed by atoms with Gasteiger partial charge in [-0.2, -0.15) is 0 Å². The third kappa shape index (κ3) is 5.17. The van der Waals surface area contributed by atoms with Gasteiger partial charge in [-0.1, -0.05) is 18.2 Å². The van der Waals surface area contributed by atoms with E-state index in [1.165, 1.54) is 18.2 Å². The normalized spacial score (nSPS) is 13.7. The number of rotatable bonds is 6. The third-order valence-corrected chi connectivity index (χ3v) is 4.15. The number of guanidine groups is 1. The SMILES string of the molecule is CCNC(=NCc1ccccc1F)NCCc1cc(F)cc2c1OCOC2. The van der Waals surface area contributed by atoms with Gasteiger partial charge in [-0.25, -0.2) is 13.8 Å². The van der Waals surface area contributed by atoms with Crippen LogP contribution in [0.5, 0.6) is 5.75 Å². The molecule has 0 fully saturated rings. The van der Waals surface area contributed by atoms with Crippen LogP contribution in [0.3, 0.4) is 0 Å². The maximum Gasteiger partial charge on any atom is 0.191 e. The van der Waals surface area contributed by atoms with Gasteiger partial charge in [0.2, 0.25) is 0 Å². The summed E-state index contributed by atoms with van der Waals surface area (Å²) in [5.41, 5.74) is 2.03. The Morgan fingerprint density at radius 2 is 2.00 bits per heavy atom. The van der Waals surface area contributed by atoms with Crippen LogP contribution in [0.4, 0.5) is 8.78 Å². The first-order chi connectivity index (χ1) is 13.2. The second-order valence-electron chi connectivity index (χ2n) is 6.13. The number of hydrogen-bond acceptors (Lipinski definition) is 3. The van der Waals surface area contributed by atoms with E-state index in [1.54, 1.807) is 18.2 Å². The lowest BCUT2D eigenvalue weighted by Gasteiger charge is -2.21. The summed E-state index contributed by atoms with van der Waals surface area (Å²) in [7, 11) is 0. The first kappa shape index (κ1) is 19.1. The highest BCUT2D eigenvalue weighted by molar-refractivity contribution is 5.79. The Hall–Kier alpha value is -2.67. The number of halogens is 2. The monoisotopic (exact) mass is 375 g/mol. The van der Waals surface area contributed by atoms with E-state index < -0.39 is 0 Å². The first-order valence-electron chi connectivity index (χ1n) is 8.94. The molecule has 0 aliphatic carbocycles. The predicted octanol–water partition coefficient (Wildman–Crippen LogP) is 3.13. The summed E-state index contributed by atoms with van der Waals surface area (Å²) in [6, 6.07) is 9.48. The number of ether oxygens (including phenoxy) is 2. The molecular formula is C20H23F2N3O2. The molecule has 27 heavy (non-hydrogen) atoms. The zero-order valence-corrected chi connectivity index (χ0v) is 15.2. The molecule has 0 atom stereocenters. The molecule has 7 heteroatoms. The Morgan fingerprint density at radius 1 is 1.15 bits per heavy atom. The molecular weight excluding hydrogens is 352 g/mol. The Bertz CT molecular complexity index is 812. The maximum absolute atomic E-state index is 13.8. The van der Waals surface area contributed by atoms with Crippen molar-refractivity contribution in [2.45, 2.75) is 26.5 Å². The fourth-order valence-corrected chi connectivity index (χ4v) is 2.89. The van der Waals surface area contributed by atoms with E-state index in [2.05, 4.69) is 15.6 Å². The fraction of sp³-hybridized carbons (Fsp3) is 0.350. The zero-order chi connectivity index (χ0) is 19.1. The Labute approximate surface area is 157 Å². The van der Waals surface area contributed by atoms with Crippen LogP contribution >= 0.6 is 0 Å². The number of benzene rings is 2. The summed E-state index contributed by atoms with van der Waals surface area (Å²) >= 11 is 0. The van der Waals surface area contributed by atoms with E-state index in [-0.39, 0.29) is 25.0 Å². The van der Waals surface area contributed by atoms with Gasteiger partial charge in [0, 0.05) is 24.2 Å². The second-order valence-corrected chi connectivity index (χ2v) is 6.13. The molecule has 0 saturated heterocycles. The molecule has 1 aliphatic heterocycles. The van der Waals surface area contributed by atoms with E-state index in [0.717, 1.165) is 11.1 Å². The Kier molecular flexibility index (Phi) is 6.59. The molecule has 0 bridgehead atoms. The van der Waals surface area contributed by atoms with Crippen LogP contribution in [0.15, 0.2) is 41.4 Å². The molecule has 2 N–H and O–H groups in total. The molecule has 144 valence electrons. The van der Waals surface area contributed by atoms with Crippen molar-refractivity contribution in [3.8, 4) is 5.75 Å². The Balaban J connectivity index is 1.63. The quantitative estimate of drug-likeness (QED) is 0.602. The average Bonchev–Trinajstić information content (AvgIpc) is 2.67. The van der Waals surface area contributed by atoms with Crippen LogP contribution in [-0.4, -0.2) is 25.8 Å². The summed E-state index contributed by atoms with van der Waals surface area (Å²) < 4.78 is 38.3. The van der Waals surface area contributed by atoms with Gasteiger partial charge < -0.3 is 20.1 Å². The van der Waals surface area contributed by atoms with Crippen molar-refractivity contribution < 1.29 is 18.3 Å². The average molecular weight is 375 g/mol. The molecule has 2 aromatic carbocycles. The molecule has 0 spiro atoms. The van der Waals surface area contributed by atoms with E-state index >= 15 is 0 Å². The molecule has 0 unspecified atom stereocenters. The van der Waals surface area contributed by atoms with Gasteiger partial charge in [0.25, 0.3) is 0 Å². The summed E-state index contributed by atoms with van der Waals surface area (Å²) in [5.74, 6) is 0.689. The van der Waals surface area contributed by atoms with Gasteiger partial charge in [-0.3, -0.25) is 0 Å². The Morgan fingerprint density at radius 3 is 2.81 bits per heavy atom. The van der Waals surface area contributed by atoms with Crippen molar-refractivity contribution >= 4 is 5.96 Å². The van der Waals surface area contributed by atoms with Gasteiger partial charge in [-0.15, -0.1) is 0 Å². The minimum absolute atomic E-state index is 0.172. The number of nitrogens with zero attached hydrogens (tertiary/aromatic N) is 1. The summed E-state index contributed by atoms with van der Waals surface area (Å²) in [4.78, 5) is 4.41. The molecule has 5 nitrogen and oxygen atoms in total. The van der Waals surface area contributed by atoms with Crippen molar-refractivity contribution in [3.63, 3.8) is 0 Å². The van der Waals surface area contributed by atoms with Crippen LogP contribution < -0.4 is 15.4 Å². The van der Waals surface area contributed by atoms with Gasteiger partial charge >= 0.3 is 0 Å². The highest BCUT2D eigenvalue weighted by Crippen LogP contribution is 2.29. The maximum atomic E-state index is 13.8. The molecule has 0 amide bonds. The van der Waals surface area contributed by atoms with E-state index in [0.29, 0.717) is 43.4 Å². The van der Waals surface area contributed by atoms with E-state index in [4.69, 9.17) is 9.47 Å².